The monoisotopic (exact) mass is 881 g/mol. The topological polar surface area (TPSA) is 125 Å². The Morgan fingerprint density at radius 1 is 0.371 bits per heavy atom. The highest BCUT2D eigenvalue weighted by Crippen LogP contribution is 2.30. The van der Waals surface area contributed by atoms with Crippen LogP contribution in [-0.4, -0.2) is 53.1 Å². The molecule has 366 valence electrons. The van der Waals surface area contributed by atoms with Crippen LogP contribution in [0.2, 0.25) is 0 Å². The first-order valence-electron chi connectivity index (χ1n) is 26.6. The minimum atomic E-state index is -1.81. The number of hydrogen-bond acceptors (Lipinski definition) is 9. The number of esters is 4. The molecule has 0 radical (unpaired) electrons. The molecule has 0 heterocycles. The maximum absolute atomic E-state index is 13.2. The molecule has 0 rings (SSSR count). The van der Waals surface area contributed by atoms with E-state index in [-0.39, 0.29) is 43.3 Å². The molecular formula is C53H100O9. The van der Waals surface area contributed by atoms with Crippen molar-refractivity contribution in [1.29, 1.82) is 0 Å². The fourth-order valence-corrected chi connectivity index (χ4v) is 8.24. The van der Waals surface area contributed by atoms with Crippen molar-refractivity contribution in [3.8, 4) is 0 Å². The Kier molecular flexibility index (Phi) is 41.3. The second-order valence-corrected chi connectivity index (χ2v) is 18.2. The fourth-order valence-electron chi connectivity index (χ4n) is 8.24. The molecule has 1 N–H and O–H groups in total. The number of rotatable bonds is 46. The molecule has 9 heteroatoms. The van der Waals surface area contributed by atoms with Crippen LogP contribution in [0.15, 0.2) is 0 Å². The van der Waals surface area contributed by atoms with Crippen molar-refractivity contribution < 1.29 is 43.2 Å². The van der Waals surface area contributed by atoms with Crippen molar-refractivity contribution in [1.82, 2.24) is 0 Å². The maximum atomic E-state index is 13.2. The zero-order chi connectivity index (χ0) is 45.9. The molecule has 0 aromatic heterocycles. The van der Waals surface area contributed by atoms with Crippen LogP contribution < -0.4 is 0 Å². The molecule has 0 fully saturated rings. The molecule has 0 aliphatic carbocycles. The van der Waals surface area contributed by atoms with E-state index in [9.17, 15) is 24.3 Å². The molecule has 0 amide bonds. The number of ether oxygens (including phenoxy) is 4. The minimum absolute atomic E-state index is 0.212. The molecule has 4 unspecified atom stereocenters. The van der Waals surface area contributed by atoms with Gasteiger partial charge in [-0.3, -0.25) is 19.2 Å². The summed E-state index contributed by atoms with van der Waals surface area (Å²) in [5.74, 6) is -3.07. The quantitative estimate of drug-likeness (QED) is 0.0275. The Morgan fingerprint density at radius 2 is 0.677 bits per heavy atom. The van der Waals surface area contributed by atoms with Gasteiger partial charge in [0.15, 0.2) is 6.10 Å². The van der Waals surface area contributed by atoms with Gasteiger partial charge in [-0.25, -0.2) is 0 Å². The van der Waals surface area contributed by atoms with Gasteiger partial charge in [-0.2, -0.15) is 0 Å². The number of unbranched alkanes of at least 4 members (excludes halogenated alkanes) is 27. The lowest BCUT2D eigenvalue weighted by Crippen LogP contribution is -2.48. The Morgan fingerprint density at radius 3 is 1.05 bits per heavy atom. The van der Waals surface area contributed by atoms with Crippen molar-refractivity contribution in [3.05, 3.63) is 0 Å². The van der Waals surface area contributed by atoms with Gasteiger partial charge in [0, 0.05) is 32.1 Å². The van der Waals surface area contributed by atoms with Crippen LogP contribution in [0.25, 0.3) is 0 Å². The zero-order valence-corrected chi connectivity index (χ0v) is 41.5. The second-order valence-electron chi connectivity index (χ2n) is 18.2. The summed E-state index contributed by atoms with van der Waals surface area (Å²) >= 11 is 0. The Hall–Kier alpha value is -2.16. The maximum Gasteiger partial charge on any atom is 0.308 e. The average molecular weight is 881 g/mol. The van der Waals surface area contributed by atoms with Crippen LogP contribution in [0.3, 0.4) is 0 Å². The summed E-state index contributed by atoms with van der Waals surface area (Å²) in [6.45, 7) is 12.0. The van der Waals surface area contributed by atoms with Crippen molar-refractivity contribution in [2.45, 2.75) is 316 Å². The molecule has 9 nitrogen and oxygen atoms in total. The number of hydrogen-bond donors (Lipinski definition) is 1. The smallest absolute Gasteiger partial charge is 0.308 e. The van der Waals surface area contributed by atoms with Crippen LogP contribution in [0.5, 0.6) is 0 Å². The van der Waals surface area contributed by atoms with Crippen LogP contribution in [-0.2, 0) is 38.1 Å². The van der Waals surface area contributed by atoms with Crippen LogP contribution in [0.1, 0.15) is 292 Å². The summed E-state index contributed by atoms with van der Waals surface area (Å²) < 4.78 is 23.4. The van der Waals surface area contributed by atoms with Gasteiger partial charge in [-0.1, -0.05) is 208 Å². The summed E-state index contributed by atoms with van der Waals surface area (Å²) in [5.41, 5.74) is 0. The molecule has 0 aromatic rings. The molecule has 0 aromatic carbocycles. The molecule has 0 bridgehead atoms. The second kappa shape index (κ2) is 42.8. The predicted molar refractivity (Wildman–Crippen MR) is 255 cm³/mol. The Balaban J connectivity index is 4.91. The van der Waals surface area contributed by atoms with Crippen LogP contribution in [0.4, 0.5) is 0 Å². The van der Waals surface area contributed by atoms with E-state index in [2.05, 4.69) is 20.8 Å². The van der Waals surface area contributed by atoms with Gasteiger partial charge in [-0.15, -0.1) is 0 Å². The van der Waals surface area contributed by atoms with E-state index in [0.29, 0.717) is 38.5 Å². The minimum Gasteiger partial charge on any atom is -0.458 e. The molecular weight excluding hydrogens is 781 g/mol. The van der Waals surface area contributed by atoms with Gasteiger partial charge in [0.2, 0.25) is 5.79 Å². The molecule has 4 atom stereocenters. The molecule has 0 aliphatic heterocycles. The molecule has 0 saturated heterocycles. The van der Waals surface area contributed by atoms with Gasteiger partial charge in [0.05, 0.1) is 0 Å². The standard InChI is InChI=1S/C53H100O9/c1-7-13-16-19-22-23-26-29-33-38-43-48(61-51(56)12-6)53(58,45-40-35-21-18-15-9-3)62-52(57)44-39-34-30-27-24-25-28-32-37-42-47(60-50(55)11-5)46(59-49(54)10-4)41-36-31-20-17-14-8-2/h46-48,58H,7-45H2,1-6H3. The normalized spacial score (nSPS) is 13.9. The van der Waals surface area contributed by atoms with E-state index >= 15 is 0 Å². The third-order valence-corrected chi connectivity index (χ3v) is 12.3. The van der Waals surface area contributed by atoms with Crippen molar-refractivity contribution >= 4 is 23.9 Å². The number of aliphatic hydroxyl groups is 1. The third kappa shape index (κ3) is 34.3. The van der Waals surface area contributed by atoms with E-state index in [0.717, 1.165) is 116 Å². The lowest BCUT2D eigenvalue weighted by atomic mass is 9.95. The zero-order valence-electron chi connectivity index (χ0n) is 41.5. The first-order valence-corrected chi connectivity index (χ1v) is 26.6. The van der Waals surface area contributed by atoms with Crippen LogP contribution in [0, 0.1) is 0 Å². The summed E-state index contributed by atoms with van der Waals surface area (Å²) in [4.78, 5) is 50.4. The summed E-state index contributed by atoms with van der Waals surface area (Å²) in [5, 5.41) is 12.0. The van der Waals surface area contributed by atoms with Crippen molar-refractivity contribution in [2.24, 2.45) is 0 Å². The molecule has 62 heavy (non-hydrogen) atoms. The van der Waals surface area contributed by atoms with E-state index in [1.807, 2.05) is 0 Å². The summed E-state index contributed by atoms with van der Waals surface area (Å²) in [6.07, 6.45) is 35.7. The number of carbonyl (C=O) groups excluding carboxylic acids is 4. The molecule has 0 saturated carbocycles. The highest BCUT2D eigenvalue weighted by Gasteiger charge is 2.42. The lowest BCUT2D eigenvalue weighted by Gasteiger charge is -2.35. The third-order valence-electron chi connectivity index (χ3n) is 12.3. The Bertz CT molecular complexity index is 1060. The Labute approximate surface area is 382 Å². The van der Waals surface area contributed by atoms with Gasteiger partial charge in [0.1, 0.15) is 12.2 Å². The largest absolute Gasteiger partial charge is 0.458 e. The first kappa shape index (κ1) is 59.8. The molecule has 0 aliphatic rings. The molecule has 0 spiro atoms. The van der Waals surface area contributed by atoms with Crippen LogP contribution >= 0.6 is 0 Å². The number of carbonyl (C=O) groups is 4. The van der Waals surface area contributed by atoms with Gasteiger partial charge < -0.3 is 24.1 Å². The van der Waals surface area contributed by atoms with Crippen molar-refractivity contribution in [2.75, 3.05) is 0 Å². The first-order chi connectivity index (χ1) is 30.1. The predicted octanol–water partition coefficient (Wildman–Crippen LogP) is 15.3. The average Bonchev–Trinajstić information content (AvgIpc) is 3.26. The van der Waals surface area contributed by atoms with E-state index < -0.39 is 24.0 Å². The summed E-state index contributed by atoms with van der Waals surface area (Å²) in [6, 6.07) is 0. The fraction of sp³-hybridized carbons (Fsp3) is 0.925. The van der Waals surface area contributed by atoms with E-state index in [1.54, 1.807) is 20.8 Å². The van der Waals surface area contributed by atoms with Gasteiger partial charge >= 0.3 is 23.9 Å². The highest BCUT2D eigenvalue weighted by atomic mass is 16.7. The van der Waals surface area contributed by atoms with E-state index in [1.165, 1.54) is 77.0 Å². The lowest BCUT2D eigenvalue weighted by molar-refractivity contribution is -0.258. The van der Waals surface area contributed by atoms with Gasteiger partial charge in [0.25, 0.3) is 0 Å². The van der Waals surface area contributed by atoms with Gasteiger partial charge in [-0.05, 0) is 51.4 Å². The van der Waals surface area contributed by atoms with Crippen molar-refractivity contribution in [3.63, 3.8) is 0 Å². The highest BCUT2D eigenvalue weighted by molar-refractivity contribution is 5.71. The SMILES string of the molecule is CCCCCCCCCCCCC(OC(=O)CC)C(O)(CCCCCCCC)OC(=O)CCCCCCCCCCCC(OC(=O)CC)C(CCCCCCCC)OC(=O)CC. The van der Waals surface area contributed by atoms with E-state index in [4.69, 9.17) is 18.9 Å². The summed E-state index contributed by atoms with van der Waals surface area (Å²) in [7, 11) is 0.